The molecule has 0 spiro atoms. The van der Waals surface area contributed by atoms with Gasteiger partial charge in [0, 0.05) is 23.5 Å². The summed E-state index contributed by atoms with van der Waals surface area (Å²) in [6, 6.07) is 0.599. The zero-order valence-corrected chi connectivity index (χ0v) is 14.8. The number of carboxylic acid groups (broad SMARTS) is 1. The van der Waals surface area contributed by atoms with E-state index in [0.717, 1.165) is 29.4 Å². The second-order valence-corrected chi connectivity index (χ2v) is 7.85. The van der Waals surface area contributed by atoms with Gasteiger partial charge in [-0.2, -0.15) is 0 Å². The lowest BCUT2D eigenvalue weighted by Crippen LogP contribution is -2.52. The number of carbonyl (C=O) groups excluding carboxylic acids is 1. The summed E-state index contributed by atoms with van der Waals surface area (Å²) >= 11 is 1.45. The number of hydrogen-bond donors (Lipinski definition) is 2. The van der Waals surface area contributed by atoms with Crippen molar-refractivity contribution in [1.29, 1.82) is 0 Å². The molecule has 0 aromatic carbocycles. The van der Waals surface area contributed by atoms with E-state index in [1.807, 2.05) is 6.92 Å². The summed E-state index contributed by atoms with van der Waals surface area (Å²) in [5, 5.41) is 13.2. The van der Waals surface area contributed by atoms with E-state index in [-0.39, 0.29) is 12.6 Å². The number of rotatable bonds is 8. The lowest BCUT2D eigenvalue weighted by Gasteiger charge is -2.42. The zero-order chi connectivity index (χ0) is 17.3. The van der Waals surface area contributed by atoms with Gasteiger partial charge in [-0.1, -0.05) is 0 Å². The highest BCUT2D eigenvalue weighted by molar-refractivity contribution is 7.15. The smallest absolute Gasteiger partial charge is 0.357 e. The average molecular weight is 353 g/mol. The maximum atomic E-state index is 11.6. The fourth-order valence-electron chi connectivity index (χ4n) is 3.07. The standard InChI is InChI=1S/C16H23N3O4S/c1-9-14(15(22)23-2)18-16(24-9)17-11-5-12(6-11)19(8-13(20)21)7-10-3-4-10/h10-12H,3-8H2,1-2H3,(H,17,18)(H,20,21). The highest BCUT2D eigenvalue weighted by Crippen LogP contribution is 2.35. The lowest BCUT2D eigenvalue weighted by atomic mass is 9.85. The summed E-state index contributed by atoms with van der Waals surface area (Å²) in [5.74, 6) is -0.494. The third-order valence-corrected chi connectivity index (χ3v) is 5.56. The SMILES string of the molecule is COC(=O)c1nc(NC2CC(N(CC(=O)O)CC3CC3)C2)sc1C. The van der Waals surface area contributed by atoms with Crippen LogP contribution in [0.15, 0.2) is 0 Å². The van der Waals surface area contributed by atoms with Crippen LogP contribution in [-0.4, -0.2) is 59.2 Å². The van der Waals surface area contributed by atoms with E-state index in [1.54, 1.807) is 0 Å². The Morgan fingerprint density at radius 1 is 1.42 bits per heavy atom. The van der Waals surface area contributed by atoms with Gasteiger partial charge in [0.05, 0.1) is 13.7 Å². The van der Waals surface area contributed by atoms with E-state index >= 15 is 0 Å². The first kappa shape index (κ1) is 17.2. The normalized spacial score (nSPS) is 23.0. The molecule has 0 atom stereocenters. The minimum absolute atomic E-state index is 0.122. The Morgan fingerprint density at radius 3 is 2.71 bits per heavy atom. The molecular formula is C16H23N3O4S. The van der Waals surface area contributed by atoms with Crippen molar-refractivity contribution in [3.8, 4) is 0 Å². The number of carboxylic acids is 1. The second kappa shape index (κ2) is 7.06. The van der Waals surface area contributed by atoms with Crippen molar-refractivity contribution in [2.45, 2.75) is 44.7 Å². The van der Waals surface area contributed by atoms with Crippen LogP contribution in [0.5, 0.6) is 0 Å². The van der Waals surface area contributed by atoms with Gasteiger partial charge in [-0.25, -0.2) is 9.78 Å². The van der Waals surface area contributed by atoms with Crippen molar-refractivity contribution in [1.82, 2.24) is 9.88 Å². The average Bonchev–Trinajstić information content (AvgIpc) is 3.22. The van der Waals surface area contributed by atoms with Crippen LogP contribution in [0.3, 0.4) is 0 Å². The van der Waals surface area contributed by atoms with Crippen molar-refractivity contribution in [2.24, 2.45) is 5.92 Å². The Hall–Kier alpha value is -1.67. The molecule has 0 saturated heterocycles. The molecule has 0 unspecified atom stereocenters. The fourth-order valence-corrected chi connectivity index (χ4v) is 3.95. The molecule has 1 heterocycles. The predicted molar refractivity (Wildman–Crippen MR) is 90.6 cm³/mol. The number of methoxy groups -OCH3 is 1. The van der Waals surface area contributed by atoms with E-state index in [9.17, 15) is 9.59 Å². The summed E-state index contributed by atoms with van der Waals surface area (Å²) in [4.78, 5) is 29.9. The monoisotopic (exact) mass is 353 g/mol. The number of aliphatic carboxylic acids is 1. The van der Waals surface area contributed by atoms with Crippen LogP contribution in [0, 0.1) is 12.8 Å². The van der Waals surface area contributed by atoms with E-state index in [4.69, 9.17) is 9.84 Å². The molecule has 2 fully saturated rings. The Labute approximate surface area is 145 Å². The maximum absolute atomic E-state index is 11.6. The minimum atomic E-state index is -0.759. The minimum Gasteiger partial charge on any atom is -0.480 e. The number of ether oxygens (including phenoxy) is 1. The lowest BCUT2D eigenvalue weighted by molar-refractivity contribution is -0.139. The number of nitrogens with zero attached hydrogens (tertiary/aromatic N) is 2. The topological polar surface area (TPSA) is 91.8 Å². The molecule has 1 aromatic heterocycles. The van der Waals surface area contributed by atoms with Crippen molar-refractivity contribution >= 4 is 28.4 Å². The number of aryl methyl sites for hydroxylation is 1. The molecule has 24 heavy (non-hydrogen) atoms. The van der Waals surface area contributed by atoms with E-state index in [1.165, 1.54) is 31.3 Å². The summed E-state index contributed by atoms with van der Waals surface area (Å²) < 4.78 is 4.72. The third kappa shape index (κ3) is 4.05. The summed E-state index contributed by atoms with van der Waals surface area (Å²) in [6.45, 7) is 2.87. The molecule has 2 aliphatic rings. The Morgan fingerprint density at radius 2 is 2.12 bits per heavy atom. The van der Waals surface area contributed by atoms with Crippen LogP contribution in [-0.2, 0) is 9.53 Å². The van der Waals surface area contributed by atoms with E-state index < -0.39 is 11.9 Å². The fraction of sp³-hybridized carbons (Fsp3) is 0.688. The molecule has 2 N–H and O–H groups in total. The molecule has 2 saturated carbocycles. The molecule has 2 aliphatic carbocycles. The van der Waals surface area contributed by atoms with Gasteiger partial charge in [-0.15, -0.1) is 11.3 Å². The van der Waals surface area contributed by atoms with Crippen LogP contribution in [0.25, 0.3) is 0 Å². The summed E-state index contributed by atoms with van der Waals surface area (Å²) in [6.07, 6.45) is 4.26. The zero-order valence-electron chi connectivity index (χ0n) is 13.9. The molecule has 1 aromatic rings. The molecule has 0 bridgehead atoms. The van der Waals surface area contributed by atoms with Crippen LogP contribution in [0.2, 0.25) is 0 Å². The van der Waals surface area contributed by atoms with E-state index in [0.29, 0.717) is 17.7 Å². The second-order valence-electron chi connectivity index (χ2n) is 6.65. The highest BCUT2D eigenvalue weighted by atomic mass is 32.1. The summed E-state index contributed by atoms with van der Waals surface area (Å²) in [5.41, 5.74) is 0.363. The van der Waals surface area contributed by atoms with Crippen LogP contribution in [0.4, 0.5) is 5.13 Å². The first-order chi connectivity index (χ1) is 11.5. The van der Waals surface area contributed by atoms with Crippen LogP contribution in [0.1, 0.15) is 41.0 Å². The van der Waals surface area contributed by atoms with Crippen LogP contribution < -0.4 is 5.32 Å². The predicted octanol–water partition coefficient (Wildman–Crippen LogP) is 1.98. The molecule has 8 heteroatoms. The quantitative estimate of drug-likeness (QED) is 0.690. The largest absolute Gasteiger partial charge is 0.480 e. The van der Waals surface area contributed by atoms with Gasteiger partial charge in [0.15, 0.2) is 10.8 Å². The number of esters is 1. The van der Waals surface area contributed by atoms with Gasteiger partial charge in [0.25, 0.3) is 0 Å². The first-order valence-electron chi connectivity index (χ1n) is 8.24. The third-order valence-electron chi connectivity index (χ3n) is 4.66. The molecule has 7 nitrogen and oxygen atoms in total. The number of thiazole rings is 1. The molecular weight excluding hydrogens is 330 g/mol. The van der Waals surface area contributed by atoms with Gasteiger partial charge in [0.2, 0.25) is 0 Å². The van der Waals surface area contributed by atoms with Gasteiger partial charge < -0.3 is 15.2 Å². The van der Waals surface area contributed by atoms with Crippen molar-refractivity contribution in [2.75, 3.05) is 25.5 Å². The number of nitrogens with one attached hydrogen (secondary N) is 1. The number of carbonyl (C=O) groups is 2. The molecule has 132 valence electrons. The Balaban J connectivity index is 1.52. The van der Waals surface area contributed by atoms with Crippen molar-refractivity contribution < 1.29 is 19.4 Å². The van der Waals surface area contributed by atoms with Gasteiger partial charge in [-0.05, 0) is 38.5 Å². The number of anilines is 1. The van der Waals surface area contributed by atoms with Gasteiger partial charge in [0.1, 0.15) is 0 Å². The maximum Gasteiger partial charge on any atom is 0.357 e. The van der Waals surface area contributed by atoms with Crippen molar-refractivity contribution in [3.63, 3.8) is 0 Å². The molecule has 0 radical (unpaired) electrons. The number of hydrogen-bond acceptors (Lipinski definition) is 7. The van der Waals surface area contributed by atoms with E-state index in [2.05, 4.69) is 15.2 Å². The molecule has 0 aliphatic heterocycles. The van der Waals surface area contributed by atoms with Crippen LogP contribution >= 0.6 is 11.3 Å². The van der Waals surface area contributed by atoms with Gasteiger partial charge in [-0.3, -0.25) is 9.69 Å². The first-order valence-corrected chi connectivity index (χ1v) is 9.06. The molecule has 3 rings (SSSR count). The summed E-state index contributed by atoms with van der Waals surface area (Å²) in [7, 11) is 1.35. The number of aromatic nitrogens is 1. The van der Waals surface area contributed by atoms with Gasteiger partial charge >= 0.3 is 11.9 Å². The highest BCUT2D eigenvalue weighted by Gasteiger charge is 2.37. The Kier molecular flexibility index (Phi) is 5.05. The Bertz CT molecular complexity index is 623. The van der Waals surface area contributed by atoms with Crippen molar-refractivity contribution in [3.05, 3.63) is 10.6 Å². The molecule has 0 amide bonds.